The first-order valence-corrected chi connectivity index (χ1v) is 5.44. The van der Waals surface area contributed by atoms with Crippen molar-refractivity contribution in [3.05, 3.63) is 0 Å². The molecule has 0 fully saturated rings. The molecule has 0 radical (unpaired) electrons. The Kier molecular flexibility index (Phi) is 176. The van der Waals surface area contributed by atoms with Crippen LogP contribution in [0.2, 0.25) is 0 Å². The molecule has 0 spiro atoms. The van der Waals surface area contributed by atoms with E-state index in [2.05, 4.69) is 0 Å². The Morgan fingerprint density at radius 2 is 0.500 bits per heavy atom. The minimum absolute atomic E-state index is 0. The largest absolute Gasteiger partial charge is 1.00 e. The second-order valence-electron chi connectivity index (χ2n) is 3.91. The summed E-state index contributed by atoms with van der Waals surface area (Å²) in [5, 5.41) is 41.6. The summed E-state index contributed by atoms with van der Waals surface area (Å²) in [5.41, 5.74) is 0. The Labute approximate surface area is 282 Å². The first-order chi connectivity index (χ1) is 9.20. The molecular formula is C10H32N2Na4O18. The molecule has 0 aromatic heterocycles. The third-order valence-electron chi connectivity index (χ3n) is 2.14. The maximum Gasteiger partial charge on any atom is 1.00 e. The first kappa shape index (κ1) is 101. The van der Waals surface area contributed by atoms with Gasteiger partial charge >= 0.3 is 118 Å². The molecule has 0 bridgehead atoms. The molecule has 24 heteroatoms. The molecule has 0 aliphatic rings. The monoisotopic (exact) mass is 560 g/mol. The van der Waals surface area contributed by atoms with Gasteiger partial charge in [-0.25, -0.2) is 0 Å². The van der Waals surface area contributed by atoms with Gasteiger partial charge in [0.2, 0.25) is 0 Å². The fraction of sp³-hybridized carbons (Fsp3) is 0.600. The summed E-state index contributed by atoms with van der Waals surface area (Å²) in [6.07, 6.45) is 0. The van der Waals surface area contributed by atoms with Crippen LogP contribution >= 0.6 is 0 Å². The Morgan fingerprint density at radius 1 is 0.382 bits per heavy atom. The smallest absolute Gasteiger partial charge is 0.549 e. The number of rotatable bonds is 11. The predicted octanol–water partition coefficient (Wildman–Crippen LogP) is -27.6. The van der Waals surface area contributed by atoms with Crippen molar-refractivity contribution in [3.8, 4) is 0 Å². The van der Waals surface area contributed by atoms with Crippen LogP contribution in [0, 0.1) is 0 Å². The molecule has 0 unspecified atom stereocenters. The minimum atomic E-state index is -1.53. The molecule has 0 aliphatic carbocycles. The number of carbonyl (C=O) groups is 4. The van der Waals surface area contributed by atoms with Crippen molar-refractivity contribution in [2.24, 2.45) is 0 Å². The molecule has 20 nitrogen and oxygen atoms in total. The summed E-state index contributed by atoms with van der Waals surface area (Å²) in [7, 11) is 0. The second-order valence-corrected chi connectivity index (χ2v) is 3.91. The van der Waals surface area contributed by atoms with Crippen LogP contribution in [0.3, 0.4) is 0 Å². The van der Waals surface area contributed by atoms with Gasteiger partial charge in [0, 0.05) is 39.3 Å². The molecule has 0 aromatic rings. The molecule has 0 amide bonds. The molecule has 0 saturated carbocycles. The number of hydrogen-bond donors (Lipinski definition) is 0. The summed E-state index contributed by atoms with van der Waals surface area (Å²) in [6.45, 7) is -3.25. The van der Waals surface area contributed by atoms with Crippen molar-refractivity contribution in [3.63, 3.8) is 0 Å². The number of aliphatic carboxylic acids is 4. The maximum absolute atomic E-state index is 10.4. The van der Waals surface area contributed by atoms with Gasteiger partial charge in [-0.3, -0.25) is 9.80 Å². The quantitative estimate of drug-likeness (QED) is 0.215. The van der Waals surface area contributed by atoms with Crippen molar-refractivity contribution >= 4 is 23.9 Å². The average molecular weight is 560 g/mol. The van der Waals surface area contributed by atoms with Gasteiger partial charge in [0.25, 0.3) is 0 Å². The van der Waals surface area contributed by atoms with Gasteiger partial charge in [-0.15, -0.1) is 0 Å². The molecule has 0 atom stereocenters. The van der Waals surface area contributed by atoms with E-state index in [0.29, 0.717) is 0 Å². The molecule has 20 N–H and O–H groups in total. The summed E-state index contributed by atoms with van der Waals surface area (Å²) >= 11 is 0. The van der Waals surface area contributed by atoms with Gasteiger partial charge in [0.15, 0.2) is 0 Å². The zero-order valence-electron chi connectivity index (χ0n) is 19.4. The van der Waals surface area contributed by atoms with Crippen LogP contribution in [0.1, 0.15) is 0 Å². The fourth-order valence-electron chi connectivity index (χ4n) is 1.44. The van der Waals surface area contributed by atoms with Crippen molar-refractivity contribution < 1.29 is 213 Å². The normalized spacial score (nSPS) is 6.29. The standard InChI is InChI=1S/C10H16N2O8.4Na.10H2O/c13-7(14)3-11(4-8(15)16)1-2-12(5-9(17)18)6-10(19)20;;;;;;;;;;;;;;/h1-6H2,(H,13,14)(H,15,16)(H,17,18)(H,19,20);;;;;10*1H2/q;4*+1;;;;;;;;;;/p-4. The van der Waals surface area contributed by atoms with Crippen molar-refractivity contribution in [1.29, 1.82) is 0 Å². The molecule has 0 aliphatic heterocycles. The van der Waals surface area contributed by atoms with Gasteiger partial charge in [-0.2, -0.15) is 0 Å². The van der Waals surface area contributed by atoms with E-state index in [9.17, 15) is 39.6 Å². The van der Waals surface area contributed by atoms with Crippen LogP contribution in [0.15, 0.2) is 0 Å². The number of carbonyl (C=O) groups excluding carboxylic acids is 4. The molecule has 0 heterocycles. The Morgan fingerprint density at radius 3 is 0.588 bits per heavy atom. The summed E-state index contributed by atoms with van der Waals surface area (Å²) < 4.78 is 0. The summed E-state index contributed by atoms with van der Waals surface area (Å²) in [5.74, 6) is -6.12. The van der Waals surface area contributed by atoms with Crippen LogP contribution in [-0.2, 0) is 19.2 Å². The minimum Gasteiger partial charge on any atom is -0.549 e. The molecule has 0 saturated heterocycles. The van der Waals surface area contributed by atoms with Gasteiger partial charge < -0.3 is 94.4 Å². The number of carboxylic acids is 4. The molecule has 194 valence electrons. The van der Waals surface area contributed by atoms with Crippen LogP contribution in [0.4, 0.5) is 0 Å². The van der Waals surface area contributed by atoms with E-state index in [4.69, 9.17) is 0 Å². The van der Waals surface area contributed by atoms with Crippen LogP contribution in [-0.4, -0.2) is 128 Å². The predicted molar refractivity (Wildman–Crippen MR) is 89.0 cm³/mol. The van der Waals surface area contributed by atoms with E-state index in [0.717, 1.165) is 9.80 Å². The van der Waals surface area contributed by atoms with E-state index >= 15 is 0 Å². The first-order valence-electron chi connectivity index (χ1n) is 5.44. The Hall–Kier alpha value is 1.40. The van der Waals surface area contributed by atoms with Gasteiger partial charge in [-0.1, -0.05) is 0 Å². The molecule has 0 rings (SSSR count). The molecule has 34 heavy (non-hydrogen) atoms. The van der Waals surface area contributed by atoms with Gasteiger partial charge in [-0.05, 0) is 0 Å². The van der Waals surface area contributed by atoms with E-state index in [1.54, 1.807) is 0 Å². The number of hydrogen-bond acceptors (Lipinski definition) is 10. The van der Waals surface area contributed by atoms with E-state index in [-0.39, 0.29) is 186 Å². The Balaban J connectivity index is -0.0000000198. The van der Waals surface area contributed by atoms with Gasteiger partial charge in [0.1, 0.15) is 0 Å². The summed E-state index contributed by atoms with van der Waals surface area (Å²) in [4.78, 5) is 43.4. The van der Waals surface area contributed by atoms with E-state index in [1.807, 2.05) is 0 Å². The van der Waals surface area contributed by atoms with Crippen LogP contribution < -0.4 is 139 Å². The topological polar surface area (TPSA) is 482 Å². The second kappa shape index (κ2) is 59.5. The Bertz CT molecular complexity index is 343. The molecule has 0 aromatic carbocycles. The SMILES string of the molecule is O.O.O.O.O.O.O.O.O.O.O=C([O-])CN(CCN(CC(=O)[O-])CC(=O)[O-])CC(=O)[O-].[Na+].[Na+].[Na+].[Na+]. The third kappa shape index (κ3) is 69.9. The third-order valence-corrected chi connectivity index (χ3v) is 2.14. The van der Waals surface area contributed by atoms with Crippen LogP contribution in [0.5, 0.6) is 0 Å². The fourth-order valence-corrected chi connectivity index (χ4v) is 1.44. The van der Waals surface area contributed by atoms with Crippen molar-refractivity contribution in [2.45, 2.75) is 0 Å². The van der Waals surface area contributed by atoms with Crippen molar-refractivity contribution in [2.75, 3.05) is 39.3 Å². The number of carboxylic acid groups (broad SMARTS) is 4. The molecular weight excluding hydrogens is 528 g/mol. The zero-order valence-corrected chi connectivity index (χ0v) is 27.4. The van der Waals surface area contributed by atoms with E-state index < -0.39 is 50.1 Å². The summed E-state index contributed by atoms with van der Waals surface area (Å²) in [6, 6.07) is 0. The van der Waals surface area contributed by atoms with Crippen molar-refractivity contribution in [1.82, 2.24) is 9.80 Å². The number of nitrogens with zero attached hydrogens (tertiary/aromatic N) is 2. The average Bonchev–Trinajstić information content (AvgIpc) is 2.22. The van der Waals surface area contributed by atoms with Gasteiger partial charge in [0.05, 0.1) is 23.9 Å². The maximum atomic E-state index is 10.4. The van der Waals surface area contributed by atoms with E-state index in [1.165, 1.54) is 0 Å². The zero-order chi connectivity index (χ0) is 15.7. The van der Waals surface area contributed by atoms with Crippen LogP contribution in [0.25, 0.3) is 0 Å².